The van der Waals surface area contributed by atoms with E-state index in [9.17, 15) is 9.18 Å². The van der Waals surface area contributed by atoms with E-state index in [4.69, 9.17) is 16.0 Å². The van der Waals surface area contributed by atoms with Gasteiger partial charge >= 0.3 is 0 Å². The van der Waals surface area contributed by atoms with Crippen LogP contribution in [0.2, 0.25) is 5.22 Å². The number of hydrogen-bond donors (Lipinski definition) is 0. The summed E-state index contributed by atoms with van der Waals surface area (Å²) < 4.78 is 18.1. The van der Waals surface area contributed by atoms with Gasteiger partial charge in [0.1, 0.15) is 5.82 Å². The van der Waals surface area contributed by atoms with Gasteiger partial charge in [0.2, 0.25) is 0 Å². The van der Waals surface area contributed by atoms with Crippen LogP contribution in [0.15, 0.2) is 40.8 Å². The van der Waals surface area contributed by atoms with Gasteiger partial charge < -0.3 is 9.32 Å². The van der Waals surface area contributed by atoms with Crippen LogP contribution in [0.1, 0.15) is 29.0 Å². The molecular formula is C15H13ClFNO2. The Morgan fingerprint density at radius 3 is 2.50 bits per heavy atom. The van der Waals surface area contributed by atoms with Crippen molar-refractivity contribution in [2.75, 3.05) is 0 Å². The fraction of sp³-hybridized carbons (Fsp3) is 0.267. The molecule has 20 heavy (non-hydrogen) atoms. The first-order valence-electron chi connectivity index (χ1n) is 6.44. The number of carbonyl (C=O) groups is 1. The molecule has 2 aromatic rings. The summed E-state index contributed by atoms with van der Waals surface area (Å²) in [6.45, 7) is 0.447. The predicted molar refractivity (Wildman–Crippen MR) is 73.0 cm³/mol. The van der Waals surface area contributed by atoms with Crippen LogP contribution < -0.4 is 0 Å². The van der Waals surface area contributed by atoms with Crippen LogP contribution in [0.25, 0.3) is 0 Å². The lowest BCUT2D eigenvalue weighted by Crippen LogP contribution is -2.32. The first kappa shape index (κ1) is 13.2. The summed E-state index contributed by atoms with van der Waals surface area (Å²) in [5, 5.41) is 0.200. The highest BCUT2D eigenvalue weighted by molar-refractivity contribution is 6.29. The van der Waals surface area contributed by atoms with E-state index >= 15 is 0 Å². The minimum absolute atomic E-state index is 0.177. The van der Waals surface area contributed by atoms with Gasteiger partial charge in [0.15, 0.2) is 11.0 Å². The van der Waals surface area contributed by atoms with Gasteiger partial charge in [-0.1, -0.05) is 12.1 Å². The Morgan fingerprint density at radius 2 is 1.95 bits per heavy atom. The summed E-state index contributed by atoms with van der Waals surface area (Å²) in [4.78, 5) is 14.2. The molecule has 0 spiro atoms. The molecule has 1 aliphatic rings. The first-order chi connectivity index (χ1) is 9.63. The Labute approximate surface area is 120 Å². The fourth-order valence-corrected chi connectivity index (χ4v) is 2.26. The second-order valence-electron chi connectivity index (χ2n) is 4.89. The third kappa shape index (κ3) is 2.85. The standard InChI is InChI=1S/C15H13ClFNO2/c16-14-8-7-13(20-14)15(19)18(12-5-6-12)9-10-1-3-11(17)4-2-10/h1-4,7-8,12H,5-6,9H2. The molecule has 0 aliphatic heterocycles. The average Bonchev–Trinajstić information content (AvgIpc) is 3.19. The van der Waals surface area contributed by atoms with Crippen LogP contribution >= 0.6 is 11.6 Å². The third-order valence-electron chi connectivity index (χ3n) is 3.30. The lowest BCUT2D eigenvalue weighted by molar-refractivity contribution is 0.0697. The summed E-state index contributed by atoms with van der Waals surface area (Å²) in [6.07, 6.45) is 1.97. The lowest BCUT2D eigenvalue weighted by atomic mass is 10.2. The van der Waals surface area contributed by atoms with Gasteiger partial charge in [0.25, 0.3) is 5.91 Å². The van der Waals surface area contributed by atoms with Gasteiger partial charge in [0, 0.05) is 12.6 Å². The van der Waals surface area contributed by atoms with E-state index in [2.05, 4.69) is 0 Å². The van der Waals surface area contributed by atoms with Crippen LogP contribution in [0.3, 0.4) is 0 Å². The molecule has 104 valence electrons. The smallest absolute Gasteiger partial charge is 0.290 e. The van der Waals surface area contributed by atoms with Crippen molar-refractivity contribution in [3.8, 4) is 0 Å². The van der Waals surface area contributed by atoms with Crippen LogP contribution in [-0.2, 0) is 6.54 Å². The molecule has 0 unspecified atom stereocenters. The Hall–Kier alpha value is -1.81. The van der Waals surface area contributed by atoms with E-state index < -0.39 is 0 Å². The number of hydrogen-bond acceptors (Lipinski definition) is 2. The van der Waals surface area contributed by atoms with Crippen molar-refractivity contribution in [1.29, 1.82) is 0 Å². The molecule has 1 aromatic carbocycles. The van der Waals surface area contributed by atoms with E-state index in [1.54, 1.807) is 29.2 Å². The summed E-state index contributed by atoms with van der Waals surface area (Å²) in [5.41, 5.74) is 0.893. The number of halogens is 2. The zero-order valence-electron chi connectivity index (χ0n) is 10.7. The molecule has 0 N–H and O–H groups in total. The second kappa shape index (κ2) is 5.29. The topological polar surface area (TPSA) is 33.5 Å². The number of carbonyl (C=O) groups excluding carboxylic acids is 1. The Morgan fingerprint density at radius 1 is 1.25 bits per heavy atom. The van der Waals surface area contributed by atoms with E-state index in [-0.39, 0.29) is 28.7 Å². The summed E-state index contributed by atoms with van der Waals surface area (Å²) in [5.74, 6) is -0.219. The van der Waals surface area contributed by atoms with E-state index in [1.807, 2.05) is 0 Å². The van der Waals surface area contributed by atoms with Crippen molar-refractivity contribution in [1.82, 2.24) is 4.90 Å². The Balaban J connectivity index is 1.79. The van der Waals surface area contributed by atoms with E-state index in [0.717, 1.165) is 18.4 Å². The molecule has 3 nitrogen and oxygen atoms in total. The molecule has 3 rings (SSSR count). The van der Waals surface area contributed by atoms with Crippen molar-refractivity contribution in [2.45, 2.75) is 25.4 Å². The zero-order valence-corrected chi connectivity index (χ0v) is 11.4. The quantitative estimate of drug-likeness (QED) is 0.857. The average molecular weight is 294 g/mol. The van der Waals surface area contributed by atoms with Crippen molar-refractivity contribution in [2.24, 2.45) is 0 Å². The molecule has 1 amide bonds. The molecule has 0 radical (unpaired) electrons. The minimum atomic E-state index is -0.282. The van der Waals surface area contributed by atoms with Gasteiger partial charge in [-0.15, -0.1) is 0 Å². The second-order valence-corrected chi connectivity index (χ2v) is 5.27. The van der Waals surface area contributed by atoms with Crippen molar-refractivity contribution in [3.63, 3.8) is 0 Å². The molecular weight excluding hydrogens is 281 g/mol. The van der Waals surface area contributed by atoms with Crippen LogP contribution in [0.4, 0.5) is 4.39 Å². The van der Waals surface area contributed by atoms with Gasteiger partial charge in [-0.25, -0.2) is 4.39 Å². The summed E-state index contributed by atoms with van der Waals surface area (Å²) in [6, 6.07) is 9.53. The zero-order chi connectivity index (χ0) is 14.1. The maximum absolute atomic E-state index is 12.9. The number of furan rings is 1. The van der Waals surface area contributed by atoms with Gasteiger partial charge in [-0.3, -0.25) is 4.79 Å². The van der Waals surface area contributed by atoms with Gasteiger partial charge in [0.05, 0.1) is 0 Å². The molecule has 5 heteroatoms. The number of nitrogens with zero attached hydrogens (tertiary/aromatic N) is 1. The van der Waals surface area contributed by atoms with Crippen LogP contribution in [0.5, 0.6) is 0 Å². The maximum Gasteiger partial charge on any atom is 0.290 e. The largest absolute Gasteiger partial charge is 0.440 e. The normalized spacial score (nSPS) is 14.3. The minimum Gasteiger partial charge on any atom is -0.440 e. The monoisotopic (exact) mass is 293 g/mol. The predicted octanol–water partition coefficient (Wildman–Crippen LogP) is 3.88. The lowest BCUT2D eigenvalue weighted by Gasteiger charge is -2.21. The van der Waals surface area contributed by atoms with E-state index in [1.165, 1.54) is 12.1 Å². The van der Waals surface area contributed by atoms with Crippen molar-refractivity contribution < 1.29 is 13.6 Å². The fourth-order valence-electron chi connectivity index (χ4n) is 2.11. The van der Waals surface area contributed by atoms with Crippen molar-refractivity contribution >= 4 is 17.5 Å². The maximum atomic E-state index is 12.9. The van der Waals surface area contributed by atoms with Crippen LogP contribution in [-0.4, -0.2) is 16.8 Å². The molecule has 0 atom stereocenters. The molecule has 0 saturated heterocycles. The van der Waals surface area contributed by atoms with E-state index in [0.29, 0.717) is 6.54 Å². The molecule has 1 saturated carbocycles. The Kier molecular flexibility index (Phi) is 3.49. The third-order valence-corrected chi connectivity index (χ3v) is 3.50. The molecule has 1 fully saturated rings. The summed E-state index contributed by atoms with van der Waals surface area (Å²) >= 11 is 5.70. The Bertz CT molecular complexity index is 619. The summed E-state index contributed by atoms with van der Waals surface area (Å²) in [7, 11) is 0. The van der Waals surface area contributed by atoms with Crippen molar-refractivity contribution in [3.05, 3.63) is 58.8 Å². The number of amides is 1. The molecule has 1 aromatic heterocycles. The number of benzene rings is 1. The first-order valence-corrected chi connectivity index (χ1v) is 6.82. The molecule has 1 heterocycles. The highest BCUT2D eigenvalue weighted by Crippen LogP contribution is 2.30. The highest BCUT2D eigenvalue weighted by atomic mass is 35.5. The highest BCUT2D eigenvalue weighted by Gasteiger charge is 2.34. The SMILES string of the molecule is O=C(c1ccc(Cl)o1)N(Cc1ccc(F)cc1)C1CC1. The molecule has 1 aliphatic carbocycles. The molecule has 0 bridgehead atoms. The van der Waals surface area contributed by atoms with Crippen LogP contribution in [0, 0.1) is 5.82 Å². The number of rotatable bonds is 4. The van der Waals surface area contributed by atoms with Gasteiger partial charge in [-0.05, 0) is 54.3 Å². The van der Waals surface area contributed by atoms with Gasteiger partial charge in [-0.2, -0.15) is 0 Å².